The molecule has 0 saturated carbocycles. The van der Waals surface area contributed by atoms with E-state index in [1.807, 2.05) is 0 Å². The minimum absolute atomic E-state index is 0.139. The lowest BCUT2D eigenvalue weighted by Gasteiger charge is -2.23. The zero-order valence-electron chi connectivity index (χ0n) is 8.34. The van der Waals surface area contributed by atoms with Crippen molar-refractivity contribution in [1.29, 1.82) is 0 Å². The number of halogens is 2. The summed E-state index contributed by atoms with van der Waals surface area (Å²) >= 11 is 11.4. The maximum Gasteiger partial charge on any atom is 0.125 e. The summed E-state index contributed by atoms with van der Waals surface area (Å²) in [4.78, 5) is -0.517. The van der Waals surface area contributed by atoms with Gasteiger partial charge in [0.2, 0.25) is 0 Å². The lowest BCUT2D eigenvalue weighted by molar-refractivity contribution is -0.101. The first-order chi connectivity index (χ1) is 6.09. The van der Waals surface area contributed by atoms with Gasteiger partial charge in [0.25, 0.3) is 0 Å². The first kappa shape index (κ1) is 13.5. The molecule has 0 aliphatic carbocycles. The molecule has 0 aromatic rings. The largest absolute Gasteiger partial charge is 0.314 e. The van der Waals surface area contributed by atoms with Crippen molar-refractivity contribution in [2.24, 2.45) is 0 Å². The van der Waals surface area contributed by atoms with Crippen molar-refractivity contribution < 1.29 is 5.21 Å². The predicted molar refractivity (Wildman–Crippen MR) is 57.6 cm³/mol. The van der Waals surface area contributed by atoms with Crippen LogP contribution in [0.25, 0.3) is 0 Å². The number of hydrogen-bond donors (Lipinski definition) is 1. The molecule has 0 amide bonds. The zero-order chi connectivity index (χ0) is 10.3. The summed E-state index contributed by atoms with van der Waals surface area (Å²) in [5.74, 6) is 0. The predicted octanol–water partition coefficient (Wildman–Crippen LogP) is 3.45. The summed E-state index contributed by atoms with van der Waals surface area (Å²) in [6, 6.07) is -0.139. The van der Waals surface area contributed by atoms with Crippen LogP contribution < -0.4 is 0 Å². The average Bonchev–Trinajstić information content (AvgIpc) is 2.02. The number of hydroxylamine groups is 2. The van der Waals surface area contributed by atoms with E-state index in [9.17, 15) is 5.21 Å². The Morgan fingerprint density at radius 3 is 2.23 bits per heavy atom. The van der Waals surface area contributed by atoms with Gasteiger partial charge in [0, 0.05) is 7.05 Å². The maximum absolute atomic E-state index is 9.20. The molecule has 80 valence electrons. The van der Waals surface area contributed by atoms with Gasteiger partial charge in [-0.25, -0.2) is 0 Å². The van der Waals surface area contributed by atoms with Crippen LogP contribution in [0.3, 0.4) is 0 Å². The van der Waals surface area contributed by atoms with Gasteiger partial charge in [-0.05, 0) is 6.42 Å². The second-order valence-corrected chi connectivity index (χ2v) is 4.49. The average molecular weight is 228 g/mol. The molecule has 0 fully saturated rings. The van der Waals surface area contributed by atoms with E-state index < -0.39 is 4.84 Å². The van der Waals surface area contributed by atoms with Crippen LogP contribution in [0.15, 0.2) is 0 Å². The first-order valence-corrected chi connectivity index (χ1v) is 5.66. The molecule has 0 unspecified atom stereocenters. The van der Waals surface area contributed by atoms with Gasteiger partial charge in [0.15, 0.2) is 0 Å². The zero-order valence-corrected chi connectivity index (χ0v) is 9.85. The van der Waals surface area contributed by atoms with Gasteiger partial charge in [-0.1, -0.05) is 32.6 Å². The number of hydrogen-bond acceptors (Lipinski definition) is 2. The summed E-state index contributed by atoms with van der Waals surface area (Å²) in [6.07, 6.45) is 5.55. The van der Waals surface area contributed by atoms with Crippen molar-refractivity contribution in [2.45, 2.75) is 49.9 Å². The molecule has 0 heterocycles. The maximum atomic E-state index is 9.20. The van der Waals surface area contributed by atoms with Crippen molar-refractivity contribution >= 4 is 23.2 Å². The fraction of sp³-hybridized carbons (Fsp3) is 1.00. The van der Waals surface area contributed by atoms with Gasteiger partial charge < -0.3 is 5.21 Å². The fourth-order valence-corrected chi connectivity index (χ4v) is 1.83. The van der Waals surface area contributed by atoms with Crippen molar-refractivity contribution in [2.75, 3.05) is 7.05 Å². The van der Waals surface area contributed by atoms with Gasteiger partial charge in [0.05, 0.1) is 6.04 Å². The quantitative estimate of drug-likeness (QED) is 0.410. The molecule has 2 nitrogen and oxygen atoms in total. The van der Waals surface area contributed by atoms with Gasteiger partial charge in [-0.15, -0.1) is 23.2 Å². The molecule has 1 N–H and O–H groups in total. The van der Waals surface area contributed by atoms with Crippen molar-refractivity contribution in [3.05, 3.63) is 0 Å². The fourth-order valence-electron chi connectivity index (χ4n) is 1.26. The van der Waals surface area contributed by atoms with Crippen LogP contribution in [-0.2, 0) is 0 Å². The molecule has 0 aromatic heterocycles. The van der Waals surface area contributed by atoms with E-state index in [0.717, 1.165) is 17.9 Å². The monoisotopic (exact) mass is 227 g/mol. The SMILES string of the molecule is CCCCCC[C@H](C(Cl)Cl)N(C)O. The Morgan fingerprint density at radius 2 is 1.85 bits per heavy atom. The highest BCUT2D eigenvalue weighted by molar-refractivity contribution is 6.44. The van der Waals surface area contributed by atoms with E-state index in [1.54, 1.807) is 7.05 Å². The van der Waals surface area contributed by atoms with Crippen molar-refractivity contribution in [1.82, 2.24) is 5.06 Å². The Hall–Kier alpha value is 0.500. The van der Waals surface area contributed by atoms with Crippen molar-refractivity contribution in [3.63, 3.8) is 0 Å². The van der Waals surface area contributed by atoms with Crippen LogP contribution in [0.5, 0.6) is 0 Å². The standard InChI is InChI=1S/C9H19Cl2NO/c1-3-4-5-6-7-8(9(10)11)12(2)13/h8-9,13H,3-7H2,1-2H3/t8-/m1/s1. The van der Waals surface area contributed by atoms with Crippen LogP contribution in [0.1, 0.15) is 39.0 Å². The summed E-state index contributed by atoms with van der Waals surface area (Å²) in [6.45, 7) is 2.17. The lowest BCUT2D eigenvalue weighted by Crippen LogP contribution is -2.33. The molecule has 0 spiro atoms. The molecule has 4 heteroatoms. The summed E-state index contributed by atoms with van der Waals surface area (Å²) in [7, 11) is 1.59. The lowest BCUT2D eigenvalue weighted by atomic mass is 10.1. The Kier molecular flexibility index (Phi) is 8.17. The normalized spacial score (nSPS) is 14.1. The molecular formula is C9H19Cl2NO. The Balaban J connectivity index is 3.58. The summed E-state index contributed by atoms with van der Waals surface area (Å²) < 4.78 is 0. The van der Waals surface area contributed by atoms with Crippen LogP contribution in [0.4, 0.5) is 0 Å². The highest BCUT2D eigenvalue weighted by atomic mass is 35.5. The number of unbranched alkanes of at least 4 members (excludes halogenated alkanes) is 3. The number of rotatable bonds is 7. The van der Waals surface area contributed by atoms with E-state index in [-0.39, 0.29) is 6.04 Å². The second kappa shape index (κ2) is 7.86. The Morgan fingerprint density at radius 1 is 1.23 bits per heavy atom. The van der Waals surface area contributed by atoms with Gasteiger partial charge in [0.1, 0.15) is 4.84 Å². The summed E-state index contributed by atoms with van der Waals surface area (Å²) in [5, 5.41) is 10.3. The van der Waals surface area contributed by atoms with E-state index >= 15 is 0 Å². The second-order valence-electron chi connectivity index (χ2n) is 3.32. The molecule has 0 saturated heterocycles. The topological polar surface area (TPSA) is 23.5 Å². The van der Waals surface area contributed by atoms with Crippen LogP contribution in [-0.4, -0.2) is 28.2 Å². The smallest absolute Gasteiger partial charge is 0.125 e. The third-order valence-electron chi connectivity index (χ3n) is 2.12. The first-order valence-electron chi connectivity index (χ1n) is 4.79. The Bertz CT molecular complexity index is 112. The van der Waals surface area contributed by atoms with E-state index in [0.29, 0.717) is 0 Å². The van der Waals surface area contributed by atoms with Crippen LogP contribution in [0.2, 0.25) is 0 Å². The molecule has 0 radical (unpaired) electrons. The highest BCUT2D eigenvalue weighted by Gasteiger charge is 2.19. The molecule has 0 aliphatic heterocycles. The highest BCUT2D eigenvalue weighted by Crippen LogP contribution is 2.18. The third kappa shape index (κ3) is 6.55. The molecule has 0 rings (SSSR count). The molecule has 0 bridgehead atoms. The van der Waals surface area contributed by atoms with E-state index in [1.165, 1.54) is 19.3 Å². The Labute approximate surface area is 90.8 Å². The minimum Gasteiger partial charge on any atom is -0.314 e. The number of alkyl halides is 2. The van der Waals surface area contributed by atoms with Crippen LogP contribution in [0, 0.1) is 0 Å². The van der Waals surface area contributed by atoms with Gasteiger partial charge >= 0.3 is 0 Å². The molecule has 0 aliphatic rings. The minimum atomic E-state index is -0.517. The molecule has 0 aromatic carbocycles. The molecule has 13 heavy (non-hydrogen) atoms. The number of nitrogens with zero attached hydrogens (tertiary/aromatic N) is 1. The summed E-state index contributed by atoms with van der Waals surface area (Å²) in [5.41, 5.74) is 0. The van der Waals surface area contributed by atoms with Crippen LogP contribution >= 0.6 is 23.2 Å². The third-order valence-corrected chi connectivity index (χ3v) is 2.71. The molecular weight excluding hydrogens is 209 g/mol. The van der Waals surface area contributed by atoms with Gasteiger partial charge in [-0.2, -0.15) is 5.06 Å². The van der Waals surface area contributed by atoms with Crippen molar-refractivity contribution in [3.8, 4) is 0 Å². The van der Waals surface area contributed by atoms with E-state index in [4.69, 9.17) is 23.2 Å². The van der Waals surface area contributed by atoms with Gasteiger partial charge in [-0.3, -0.25) is 0 Å². The van der Waals surface area contributed by atoms with E-state index in [2.05, 4.69) is 6.92 Å². The molecule has 1 atom stereocenters.